The summed E-state index contributed by atoms with van der Waals surface area (Å²) in [5, 5.41) is 19.5. The van der Waals surface area contributed by atoms with E-state index in [9.17, 15) is 29.6 Å². The molecule has 2 aromatic rings. The molecule has 1 unspecified atom stereocenters. The van der Waals surface area contributed by atoms with Crippen LogP contribution in [0.25, 0.3) is 0 Å². The summed E-state index contributed by atoms with van der Waals surface area (Å²) in [4.78, 5) is 40.2. The third kappa shape index (κ3) is 5.48. The summed E-state index contributed by atoms with van der Waals surface area (Å²) in [5.74, 6) is 8.95. The number of phosphoric acid groups is 1. The average molecular weight is 694 g/mol. The van der Waals surface area contributed by atoms with Crippen LogP contribution in [-0.2, 0) is 38.1 Å². The van der Waals surface area contributed by atoms with E-state index in [0.29, 0.717) is 60.5 Å². The van der Waals surface area contributed by atoms with Gasteiger partial charge in [-0.2, -0.15) is 10.5 Å². The average Bonchev–Trinajstić information content (AvgIpc) is 3.64. The number of likely N-dealkylation sites (tertiary alicyclic amines) is 2. The molecule has 5 atom stereocenters. The molecule has 2 amide bonds. The number of carbonyl (C=O) groups excluding carboxylic acids is 2. The SMILES string of the molecule is C=[S-](=C)[C@@]1(N2CCCC2=O)c2cc(C#N)ccc2OC(C)(C)[C@@H]1OP(=O)(O)O[C@@H]1[C@@H](N2CCCC2=O)c2cc(C#N)ccc2OC1(C)C. The van der Waals surface area contributed by atoms with Crippen molar-refractivity contribution in [3.05, 3.63) is 58.7 Å². The molecule has 4 heterocycles. The fraction of sp³-hybridized carbons (Fsp3) is 0.471. The summed E-state index contributed by atoms with van der Waals surface area (Å²) in [5.41, 5.74) is -1.12. The standard InChI is InChI=1S/C34H38N4O8PS/c1-32(2)30(29(37-15-7-9-27(37)39)23-17-21(19-35)11-13-25(23)43-32)45-47(41,42)46-31-33(3,4)44-26-14-12-22(20-36)18-24(26)34(31,48(5)6)38-16-8-10-28(38)40/h11-14,17-18,29-31H,5-10,15-16H2,1-4H3,(H,41,42)/q-1/t29-,30+,31-,34-/m0/s1. The highest BCUT2D eigenvalue weighted by Crippen LogP contribution is 2.59. The Morgan fingerprint density at radius 1 is 0.917 bits per heavy atom. The summed E-state index contributed by atoms with van der Waals surface area (Å²) in [6.07, 6.45) is -0.928. The third-order valence-electron chi connectivity index (χ3n) is 9.50. The molecule has 0 radical (unpaired) electrons. The Labute approximate surface area is 281 Å². The zero-order valence-electron chi connectivity index (χ0n) is 27.3. The van der Waals surface area contributed by atoms with Crippen LogP contribution in [0.5, 0.6) is 11.5 Å². The Hall–Kier alpha value is -3.84. The van der Waals surface area contributed by atoms with Crippen LogP contribution in [0.1, 0.15) is 81.7 Å². The number of amides is 2. The van der Waals surface area contributed by atoms with Gasteiger partial charge >= 0.3 is 7.82 Å². The smallest absolute Gasteiger partial charge is 0.473 e. The van der Waals surface area contributed by atoms with Crippen molar-refractivity contribution >= 4 is 41.5 Å². The first-order valence-corrected chi connectivity index (χ1v) is 18.7. The molecule has 14 heteroatoms. The van der Waals surface area contributed by atoms with Gasteiger partial charge in [-0.25, -0.2) is 16.3 Å². The van der Waals surface area contributed by atoms with Crippen LogP contribution in [0, 0.1) is 22.7 Å². The molecular formula is C34H38N4O8PS-. The third-order valence-corrected chi connectivity index (χ3v) is 12.0. The van der Waals surface area contributed by atoms with Gasteiger partial charge in [0.2, 0.25) is 11.8 Å². The van der Waals surface area contributed by atoms with Crippen molar-refractivity contribution in [1.82, 2.24) is 9.80 Å². The van der Waals surface area contributed by atoms with Crippen molar-refractivity contribution < 1.29 is 37.6 Å². The van der Waals surface area contributed by atoms with E-state index in [1.165, 1.54) is 0 Å². The second-order valence-electron chi connectivity index (χ2n) is 13.6. The molecule has 0 aliphatic carbocycles. The normalized spacial score (nSPS) is 28.5. The van der Waals surface area contributed by atoms with Crippen LogP contribution in [0.3, 0.4) is 0 Å². The summed E-state index contributed by atoms with van der Waals surface area (Å²) in [6, 6.07) is 13.0. The maximum atomic E-state index is 14.5. The number of benzene rings is 2. The molecule has 0 saturated carbocycles. The fourth-order valence-corrected chi connectivity index (χ4v) is 10.5. The summed E-state index contributed by atoms with van der Waals surface area (Å²) >= 11 is 0. The van der Waals surface area contributed by atoms with Gasteiger partial charge in [0.15, 0.2) is 0 Å². The lowest BCUT2D eigenvalue weighted by atomic mass is 9.84. The fourth-order valence-electron chi connectivity index (χ4n) is 7.47. The molecule has 1 N–H and O–H groups in total. The second kappa shape index (κ2) is 11.9. The molecule has 254 valence electrons. The predicted octanol–water partition coefficient (Wildman–Crippen LogP) is 4.26. The van der Waals surface area contributed by atoms with Crippen LogP contribution in [-0.4, -0.2) is 74.7 Å². The van der Waals surface area contributed by atoms with Gasteiger partial charge in [0.25, 0.3) is 0 Å². The van der Waals surface area contributed by atoms with Gasteiger partial charge in [0.05, 0.1) is 29.3 Å². The molecule has 2 fully saturated rings. The number of ether oxygens (including phenoxy) is 2. The lowest BCUT2D eigenvalue weighted by Crippen LogP contribution is -2.66. The van der Waals surface area contributed by atoms with E-state index in [0.717, 1.165) is 0 Å². The van der Waals surface area contributed by atoms with E-state index >= 15 is 0 Å². The van der Waals surface area contributed by atoms with Crippen molar-refractivity contribution in [2.45, 2.75) is 87.7 Å². The first-order chi connectivity index (χ1) is 22.6. The number of carbonyl (C=O) groups is 2. The highest BCUT2D eigenvalue weighted by atomic mass is 32.2. The number of phosphoric ester groups is 1. The lowest BCUT2D eigenvalue weighted by molar-refractivity contribution is -0.148. The molecule has 0 spiro atoms. The monoisotopic (exact) mass is 693 g/mol. The van der Waals surface area contributed by atoms with Gasteiger partial charge in [-0.3, -0.25) is 18.6 Å². The Morgan fingerprint density at radius 2 is 1.52 bits per heavy atom. The van der Waals surface area contributed by atoms with Gasteiger partial charge < -0.3 is 34.2 Å². The number of nitrogens with zero attached hydrogens (tertiary/aromatic N) is 4. The zero-order chi connectivity index (χ0) is 34.8. The molecule has 2 aromatic carbocycles. The number of nitriles is 2. The van der Waals surface area contributed by atoms with Crippen molar-refractivity contribution in [3.8, 4) is 23.6 Å². The van der Waals surface area contributed by atoms with E-state index in [2.05, 4.69) is 23.9 Å². The maximum Gasteiger partial charge on any atom is 0.473 e. The molecule has 48 heavy (non-hydrogen) atoms. The van der Waals surface area contributed by atoms with Gasteiger partial charge in [-0.15, -0.1) is 0 Å². The number of hydrogen-bond acceptors (Lipinski definition) is 10. The maximum absolute atomic E-state index is 14.5. The molecule has 6 rings (SSSR count). The molecular weight excluding hydrogens is 655 g/mol. The van der Waals surface area contributed by atoms with Gasteiger partial charge in [-0.1, -0.05) is 0 Å². The summed E-state index contributed by atoms with van der Waals surface area (Å²) < 4.78 is 39.5. The minimum absolute atomic E-state index is 0.162. The lowest BCUT2D eigenvalue weighted by Gasteiger charge is -2.60. The van der Waals surface area contributed by atoms with Crippen LogP contribution in [0.4, 0.5) is 0 Å². The Kier molecular flexibility index (Phi) is 8.47. The highest BCUT2D eigenvalue weighted by molar-refractivity contribution is 7.92. The second-order valence-corrected chi connectivity index (χ2v) is 16.5. The largest absolute Gasteiger partial charge is 0.485 e. The van der Waals surface area contributed by atoms with Gasteiger partial charge in [0.1, 0.15) is 34.9 Å². The molecule has 0 aromatic heterocycles. The minimum atomic E-state index is -5.14. The van der Waals surface area contributed by atoms with E-state index < -0.39 is 52.2 Å². The van der Waals surface area contributed by atoms with Crippen molar-refractivity contribution in [3.63, 3.8) is 0 Å². The molecule has 4 aliphatic rings. The molecule has 4 aliphatic heterocycles. The van der Waals surface area contributed by atoms with E-state index in [1.54, 1.807) is 73.9 Å². The van der Waals surface area contributed by atoms with Crippen LogP contribution < -0.4 is 9.47 Å². The highest BCUT2D eigenvalue weighted by Gasteiger charge is 2.59. The van der Waals surface area contributed by atoms with Gasteiger partial charge in [0, 0.05) is 41.9 Å². The van der Waals surface area contributed by atoms with Crippen LogP contribution >= 0.6 is 7.82 Å². The van der Waals surface area contributed by atoms with E-state index in [-0.39, 0.29) is 23.8 Å². The summed E-state index contributed by atoms with van der Waals surface area (Å²) in [6.45, 7) is 7.42. The summed E-state index contributed by atoms with van der Waals surface area (Å²) in [7, 11) is -6.37. The van der Waals surface area contributed by atoms with Crippen molar-refractivity contribution in [2.75, 3.05) is 13.1 Å². The number of rotatable bonds is 7. The van der Waals surface area contributed by atoms with Crippen molar-refractivity contribution in [2.24, 2.45) is 0 Å². The molecule has 2 saturated heterocycles. The zero-order valence-corrected chi connectivity index (χ0v) is 29.0. The number of fused-ring (bicyclic) bond motifs is 2. The van der Waals surface area contributed by atoms with Crippen LogP contribution in [0.2, 0.25) is 0 Å². The predicted molar refractivity (Wildman–Crippen MR) is 179 cm³/mol. The van der Waals surface area contributed by atoms with E-state index in [4.69, 9.17) is 18.5 Å². The topological polar surface area (TPSA) is 162 Å². The number of hydrogen-bond donors (Lipinski definition) is 1. The first kappa shape index (κ1) is 34.0. The van der Waals surface area contributed by atoms with Gasteiger partial charge in [-0.05, 0) is 76.9 Å². The minimum Gasteiger partial charge on any atom is -0.485 e. The molecule has 12 nitrogen and oxygen atoms in total. The van der Waals surface area contributed by atoms with Crippen LogP contribution in [0.15, 0.2) is 36.4 Å². The Morgan fingerprint density at radius 3 is 2.10 bits per heavy atom. The Balaban J connectivity index is 1.48. The van der Waals surface area contributed by atoms with Crippen molar-refractivity contribution in [1.29, 1.82) is 10.5 Å². The molecule has 0 bridgehead atoms. The quantitative estimate of drug-likeness (QED) is 0.252. The first-order valence-electron chi connectivity index (χ1n) is 15.7. The Bertz CT molecular complexity index is 1900. The van der Waals surface area contributed by atoms with E-state index in [1.807, 2.05) is 0 Å².